The predicted octanol–water partition coefficient (Wildman–Crippen LogP) is 3.33. The van der Waals surface area contributed by atoms with Crippen LogP contribution in [0.15, 0.2) is 11.6 Å². The Morgan fingerprint density at radius 1 is 1.53 bits per heavy atom. The van der Waals surface area contributed by atoms with Crippen LogP contribution in [-0.2, 0) is 0 Å². The molecule has 1 unspecified atom stereocenters. The molecule has 86 valence electrons. The monoisotopic (exact) mass is 244 g/mol. The van der Waals surface area contributed by atoms with Gasteiger partial charge in [-0.2, -0.15) is 11.8 Å². The number of nitrogens with zero attached hydrogens (tertiary/aromatic N) is 1. The average molecular weight is 244 g/mol. The first-order valence-corrected chi connectivity index (χ1v) is 7.65. The minimum Gasteiger partial charge on any atom is -0.306 e. The Morgan fingerprint density at radius 3 is 2.87 bits per heavy atom. The summed E-state index contributed by atoms with van der Waals surface area (Å²) in [5.41, 5.74) is 0. The third kappa shape index (κ3) is 5.00. The van der Waals surface area contributed by atoms with Crippen LogP contribution in [0.1, 0.15) is 37.7 Å². The van der Waals surface area contributed by atoms with E-state index >= 15 is 0 Å². The fourth-order valence-electron chi connectivity index (χ4n) is 1.52. The standard InChI is InChI=1S/C11H20N2S2/c1-9(2)13-10(5-4-7-14-3)11-12-6-8-15-11/h6,8-10,13H,4-5,7H2,1-3H3. The van der Waals surface area contributed by atoms with E-state index in [0.29, 0.717) is 12.1 Å². The fourth-order valence-corrected chi connectivity index (χ4v) is 2.71. The van der Waals surface area contributed by atoms with Gasteiger partial charge in [-0.15, -0.1) is 11.3 Å². The van der Waals surface area contributed by atoms with Gasteiger partial charge in [0.2, 0.25) is 0 Å². The van der Waals surface area contributed by atoms with Crippen LogP contribution >= 0.6 is 23.1 Å². The Balaban J connectivity index is 2.46. The average Bonchev–Trinajstić information content (AvgIpc) is 2.68. The van der Waals surface area contributed by atoms with Gasteiger partial charge in [-0.05, 0) is 24.9 Å². The molecule has 1 atom stereocenters. The zero-order valence-electron chi connectivity index (χ0n) is 9.69. The summed E-state index contributed by atoms with van der Waals surface area (Å²) in [6, 6.07) is 0.963. The van der Waals surface area contributed by atoms with Crippen LogP contribution in [0, 0.1) is 0 Å². The number of nitrogens with one attached hydrogen (secondary N) is 1. The molecule has 0 saturated carbocycles. The number of hydrogen-bond acceptors (Lipinski definition) is 4. The van der Waals surface area contributed by atoms with E-state index in [0.717, 1.165) is 0 Å². The molecular formula is C11H20N2S2. The topological polar surface area (TPSA) is 24.9 Å². The zero-order chi connectivity index (χ0) is 11.1. The molecule has 0 aliphatic carbocycles. The summed E-state index contributed by atoms with van der Waals surface area (Å²) >= 11 is 3.67. The van der Waals surface area contributed by atoms with Gasteiger partial charge in [0.1, 0.15) is 5.01 Å². The molecule has 1 rings (SSSR count). The van der Waals surface area contributed by atoms with Crippen molar-refractivity contribution < 1.29 is 0 Å². The van der Waals surface area contributed by atoms with Crippen molar-refractivity contribution in [1.29, 1.82) is 0 Å². The second-order valence-corrected chi connectivity index (χ2v) is 5.79. The summed E-state index contributed by atoms with van der Waals surface area (Å²) < 4.78 is 0. The third-order valence-corrected chi connectivity index (χ3v) is 3.71. The van der Waals surface area contributed by atoms with E-state index in [2.05, 4.69) is 35.8 Å². The predicted molar refractivity (Wildman–Crippen MR) is 70.7 cm³/mol. The van der Waals surface area contributed by atoms with E-state index in [-0.39, 0.29) is 0 Å². The lowest BCUT2D eigenvalue weighted by Gasteiger charge is -2.18. The summed E-state index contributed by atoms with van der Waals surface area (Å²) in [5.74, 6) is 1.24. The van der Waals surface area contributed by atoms with Crippen LogP contribution in [0.4, 0.5) is 0 Å². The number of thiazole rings is 1. The number of aromatic nitrogens is 1. The lowest BCUT2D eigenvalue weighted by atomic mass is 10.1. The molecular weight excluding hydrogens is 224 g/mol. The van der Waals surface area contributed by atoms with Gasteiger partial charge in [0, 0.05) is 17.6 Å². The van der Waals surface area contributed by atoms with E-state index in [1.165, 1.54) is 23.6 Å². The van der Waals surface area contributed by atoms with Gasteiger partial charge in [0.15, 0.2) is 0 Å². The lowest BCUT2D eigenvalue weighted by molar-refractivity contribution is 0.448. The zero-order valence-corrected chi connectivity index (χ0v) is 11.3. The Morgan fingerprint density at radius 2 is 2.33 bits per heavy atom. The van der Waals surface area contributed by atoms with Crippen LogP contribution < -0.4 is 5.32 Å². The van der Waals surface area contributed by atoms with Crippen LogP contribution in [-0.4, -0.2) is 23.0 Å². The number of hydrogen-bond donors (Lipinski definition) is 1. The molecule has 0 saturated heterocycles. The highest BCUT2D eigenvalue weighted by molar-refractivity contribution is 7.98. The van der Waals surface area contributed by atoms with E-state index in [9.17, 15) is 0 Å². The van der Waals surface area contributed by atoms with Crippen LogP contribution in [0.3, 0.4) is 0 Å². The molecule has 0 radical (unpaired) electrons. The normalized spacial score (nSPS) is 13.3. The van der Waals surface area contributed by atoms with Crippen molar-refractivity contribution in [3.63, 3.8) is 0 Å². The summed E-state index contributed by atoms with van der Waals surface area (Å²) in [6.07, 6.45) is 6.50. The molecule has 15 heavy (non-hydrogen) atoms. The molecule has 4 heteroatoms. The maximum Gasteiger partial charge on any atom is 0.109 e. The second kappa shape index (κ2) is 7.25. The highest BCUT2D eigenvalue weighted by Crippen LogP contribution is 2.21. The molecule has 0 bridgehead atoms. The Hall–Kier alpha value is -0.0600. The van der Waals surface area contributed by atoms with Crippen LogP contribution in [0.5, 0.6) is 0 Å². The SMILES string of the molecule is CSCCCC(NC(C)C)c1nccs1. The Bertz CT molecular complexity index is 247. The van der Waals surface area contributed by atoms with Gasteiger partial charge >= 0.3 is 0 Å². The van der Waals surface area contributed by atoms with Gasteiger partial charge in [-0.3, -0.25) is 0 Å². The summed E-state index contributed by atoms with van der Waals surface area (Å²) in [7, 11) is 0. The first-order valence-electron chi connectivity index (χ1n) is 5.38. The fraction of sp³-hybridized carbons (Fsp3) is 0.727. The van der Waals surface area contributed by atoms with Crippen molar-refractivity contribution in [2.75, 3.05) is 12.0 Å². The molecule has 1 aromatic heterocycles. The van der Waals surface area contributed by atoms with Crippen LogP contribution in [0.25, 0.3) is 0 Å². The highest BCUT2D eigenvalue weighted by atomic mass is 32.2. The van der Waals surface area contributed by atoms with Crippen LogP contribution in [0.2, 0.25) is 0 Å². The van der Waals surface area contributed by atoms with Crippen molar-refractivity contribution in [2.24, 2.45) is 0 Å². The maximum absolute atomic E-state index is 4.40. The summed E-state index contributed by atoms with van der Waals surface area (Å²) in [5, 5.41) is 6.86. The van der Waals surface area contributed by atoms with Gasteiger partial charge in [0.25, 0.3) is 0 Å². The van der Waals surface area contributed by atoms with Gasteiger partial charge in [0.05, 0.1) is 6.04 Å². The van der Waals surface area contributed by atoms with Crippen molar-refractivity contribution in [1.82, 2.24) is 10.3 Å². The number of rotatable bonds is 7. The molecule has 1 heterocycles. The van der Waals surface area contributed by atoms with E-state index in [4.69, 9.17) is 0 Å². The Kier molecular flexibility index (Phi) is 6.29. The Labute approximate surface area is 101 Å². The summed E-state index contributed by atoms with van der Waals surface area (Å²) in [4.78, 5) is 4.40. The smallest absolute Gasteiger partial charge is 0.109 e. The third-order valence-electron chi connectivity index (χ3n) is 2.13. The van der Waals surface area contributed by atoms with Crippen molar-refractivity contribution in [2.45, 2.75) is 38.8 Å². The maximum atomic E-state index is 4.40. The second-order valence-electron chi connectivity index (χ2n) is 3.88. The molecule has 0 amide bonds. The van der Waals surface area contributed by atoms with Gasteiger partial charge < -0.3 is 5.32 Å². The minimum atomic E-state index is 0.442. The quantitative estimate of drug-likeness (QED) is 0.745. The van der Waals surface area contributed by atoms with Crippen molar-refractivity contribution >= 4 is 23.1 Å². The molecule has 0 aliphatic rings. The molecule has 0 fully saturated rings. The van der Waals surface area contributed by atoms with Crippen molar-refractivity contribution in [3.05, 3.63) is 16.6 Å². The largest absolute Gasteiger partial charge is 0.306 e. The van der Waals surface area contributed by atoms with E-state index in [1.54, 1.807) is 11.3 Å². The first-order chi connectivity index (χ1) is 7.24. The lowest BCUT2D eigenvalue weighted by Crippen LogP contribution is -2.28. The highest BCUT2D eigenvalue weighted by Gasteiger charge is 2.14. The van der Waals surface area contributed by atoms with E-state index in [1.807, 2.05) is 18.0 Å². The summed E-state index contributed by atoms with van der Waals surface area (Å²) in [6.45, 7) is 4.38. The van der Waals surface area contributed by atoms with Gasteiger partial charge in [-0.25, -0.2) is 4.98 Å². The number of thioether (sulfide) groups is 1. The molecule has 1 N–H and O–H groups in total. The van der Waals surface area contributed by atoms with E-state index < -0.39 is 0 Å². The van der Waals surface area contributed by atoms with Crippen molar-refractivity contribution in [3.8, 4) is 0 Å². The molecule has 0 aliphatic heterocycles. The first kappa shape index (κ1) is 13.0. The van der Waals surface area contributed by atoms with Gasteiger partial charge in [-0.1, -0.05) is 13.8 Å². The molecule has 1 aromatic rings. The molecule has 0 aromatic carbocycles. The molecule has 0 spiro atoms. The minimum absolute atomic E-state index is 0.442. The molecule has 2 nitrogen and oxygen atoms in total.